The molecule has 25 heavy (non-hydrogen) atoms. The van der Waals surface area contributed by atoms with Crippen LogP contribution in [-0.4, -0.2) is 24.3 Å². The van der Waals surface area contributed by atoms with Crippen molar-refractivity contribution < 1.29 is 19.4 Å². The molecule has 2 aromatic rings. The summed E-state index contributed by atoms with van der Waals surface area (Å²) in [7, 11) is 0. The Balaban J connectivity index is 2.37. The average Bonchev–Trinajstić information content (AvgIpc) is 2.62. The molecule has 1 N–H and O–H groups in total. The maximum absolute atomic E-state index is 10.9. The minimum Gasteiger partial charge on any atom is -0.490 e. The molecule has 0 aliphatic rings. The van der Waals surface area contributed by atoms with E-state index in [1.54, 1.807) is 18.2 Å². The molecule has 2 rings (SSSR count). The molecule has 0 aliphatic heterocycles. The van der Waals surface area contributed by atoms with E-state index in [2.05, 4.69) is 6.07 Å². The van der Waals surface area contributed by atoms with Crippen LogP contribution in [0.4, 0.5) is 0 Å². The molecule has 0 heterocycles. The van der Waals surface area contributed by atoms with Gasteiger partial charge < -0.3 is 14.6 Å². The Bertz CT molecular complexity index is 817. The van der Waals surface area contributed by atoms with Crippen molar-refractivity contribution in [3.8, 4) is 17.6 Å². The van der Waals surface area contributed by atoms with Crippen molar-refractivity contribution in [2.45, 2.75) is 13.8 Å². The molecule has 0 saturated carbocycles. The minimum atomic E-state index is -0.998. The highest BCUT2D eigenvalue weighted by atomic mass is 16.5. The second-order valence-electron chi connectivity index (χ2n) is 5.12. The van der Waals surface area contributed by atoms with E-state index in [4.69, 9.17) is 14.6 Å². The molecular weight excluding hydrogens is 318 g/mol. The summed E-state index contributed by atoms with van der Waals surface area (Å²) >= 11 is 0. The second kappa shape index (κ2) is 8.55. The Morgan fingerprint density at radius 3 is 2.20 bits per heavy atom. The number of benzene rings is 2. The number of carboxylic acids is 1. The topological polar surface area (TPSA) is 79.5 Å². The van der Waals surface area contributed by atoms with Crippen molar-refractivity contribution in [1.29, 1.82) is 5.26 Å². The summed E-state index contributed by atoms with van der Waals surface area (Å²) in [6.07, 6.45) is 1.73. The summed E-state index contributed by atoms with van der Waals surface area (Å²) in [6, 6.07) is 13.8. The second-order valence-corrected chi connectivity index (χ2v) is 5.12. The van der Waals surface area contributed by atoms with Crippen molar-refractivity contribution in [2.75, 3.05) is 13.2 Å². The molecule has 0 atom stereocenters. The van der Waals surface area contributed by atoms with Gasteiger partial charge in [-0.05, 0) is 55.3 Å². The van der Waals surface area contributed by atoms with Gasteiger partial charge in [0.05, 0.1) is 30.4 Å². The molecule has 0 saturated heterocycles. The molecule has 0 amide bonds. The summed E-state index contributed by atoms with van der Waals surface area (Å²) in [5.41, 5.74) is 2.06. The third kappa shape index (κ3) is 4.61. The van der Waals surface area contributed by atoms with Crippen molar-refractivity contribution in [1.82, 2.24) is 0 Å². The lowest BCUT2D eigenvalue weighted by Crippen LogP contribution is -1.98. The van der Waals surface area contributed by atoms with Gasteiger partial charge in [-0.1, -0.05) is 18.2 Å². The standard InChI is InChI=1S/C20H19NO4/c1-3-24-18-10-5-14(12-19(18)25-4-2)11-17(13-21)15-6-8-16(9-7-15)20(22)23/h5-12H,3-4H2,1-2H3,(H,22,23). The van der Waals surface area contributed by atoms with Gasteiger partial charge in [-0.3, -0.25) is 0 Å². The normalized spacial score (nSPS) is 10.8. The van der Waals surface area contributed by atoms with Gasteiger partial charge in [-0.15, -0.1) is 0 Å². The molecule has 0 fully saturated rings. The number of nitriles is 1. The van der Waals surface area contributed by atoms with Crippen LogP contribution < -0.4 is 9.47 Å². The van der Waals surface area contributed by atoms with Gasteiger partial charge in [-0.2, -0.15) is 5.26 Å². The van der Waals surface area contributed by atoms with Gasteiger partial charge >= 0.3 is 5.97 Å². The highest BCUT2D eigenvalue weighted by Crippen LogP contribution is 2.30. The highest BCUT2D eigenvalue weighted by Gasteiger charge is 2.08. The Kier molecular flexibility index (Phi) is 6.19. The van der Waals surface area contributed by atoms with Crippen LogP contribution in [0.3, 0.4) is 0 Å². The number of allylic oxidation sites excluding steroid dienone is 1. The van der Waals surface area contributed by atoms with Crippen LogP contribution in [-0.2, 0) is 0 Å². The first-order valence-corrected chi connectivity index (χ1v) is 7.94. The van der Waals surface area contributed by atoms with Crippen molar-refractivity contribution in [2.24, 2.45) is 0 Å². The molecule has 0 aromatic heterocycles. The lowest BCUT2D eigenvalue weighted by atomic mass is 10.0. The van der Waals surface area contributed by atoms with E-state index in [1.807, 2.05) is 32.0 Å². The predicted octanol–water partition coefficient (Wildman–Crippen LogP) is 4.25. The van der Waals surface area contributed by atoms with E-state index < -0.39 is 5.97 Å². The largest absolute Gasteiger partial charge is 0.490 e. The van der Waals surface area contributed by atoms with E-state index in [1.165, 1.54) is 12.1 Å². The number of hydrogen-bond acceptors (Lipinski definition) is 4. The average molecular weight is 337 g/mol. The lowest BCUT2D eigenvalue weighted by Gasteiger charge is -2.11. The lowest BCUT2D eigenvalue weighted by molar-refractivity contribution is 0.0697. The fraction of sp³-hybridized carbons (Fsp3) is 0.200. The summed E-state index contributed by atoms with van der Waals surface area (Å²) in [4.78, 5) is 10.9. The van der Waals surface area contributed by atoms with Gasteiger partial charge in [0.25, 0.3) is 0 Å². The van der Waals surface area contributed by atoms with E-state index in [0.29, 0.717) is 35.8 Å². The molecule has 128 valence electrons. The monoisotopic (exact) mass is 337 g/mol. The van der Waals surface area contributed by atoms with E-state index in [0.717, 1.165) is 5.56 Å². The van der Waals surface area contributed by atoms with Gasteiger partial charge in [0.2, 0.25) is 0 Å². The maximum Gasteiger partial charge on any atom is 0.335 e. The molecule has 5 heteroatoms. The molecule has 5 nitrogen and oxygen atoms in total. The van der Waals surface area contributed by atoms with Crippen LogP contribution in [0.25, 0.3) is 11.6 Å². The molecule has 0 bridgehead atoms. The van der Waals surface area contributed by atoms with Crippen LogP contribution in [0.2, 0.25) is 0 Å². The maximum atomic E-state index is 10.9. The number of nitrogens with zero attached hydrogens (tertiary/aromatic N) is 1. The summed E-state index contributed by atoms with van der Waals surface area (Å²) in [5, 5.41) is 18.4. The molecule has 0 radical (unpaired) electrons. The van der Waals surface area contributed by atoms with Gasteiger partial charge in [0.15, 0.2) is 11.5 Å². The molecule has 0 unspecified atom stereocenters. The van der Waals surface area contributed by atoms with Gasteiger partial charge in [0, 0.05) is 0 Å². The summed E-state index contributed by atoms with van der Waals surface area (Å²) in [5.74, 6) is 0.282. The number of aromatic carboxylic acids is 1. The number of ether oxygens (including phenoxy) is 2. The van der Waals surface area contributed by atoms with Crippen LogP contribution in [0.1, 0.15) is 35.3 Å². The predicted molar refractivity (Wildman–Crippen MR) is 95.7 cm³/mol. The third-order valence-corrected chi connectivity index (χ3v) is 3.44. The SMILES string of the molecule is CCOc1ccc(C=C(C#N)c2ccc(C(=O)O)cc2)cc1OCC. The van der Waals surface area contributed by atoms with E-state index >= 15 is 0 Å². The third-order valence-electron chi connectivity index (χ3n) is 3.44. The Morgan fingerprint density at radius 1 is 1.04 bits per heavy atom. The number of hydrogen-bond donors (Lipinski definition) is 1. The first-order valence-electron chi connectivity index (χ1n) is 7.94. The number of rotatable bonds is 7. The number of carboxylic acid groups (broad SMARTS) is 1. The van der Waals surface area contributed by atoms with Crippen LogP contribution in [0.15, 0.2) is 42.5 Å². The highest BCUT2D eigenvalue weighted by molar-refractivity contribution is 5.92. The van der Waals surface area contributed by atoms with Crippen LogP contribution in [0, 0.1) is 11.3 Å². The summed E-state index contributed by atoms with van der Waals surface area (Å²) in [6.45, 7) is 4.84. The van der Waals surface area contributed by atoms with Crippen LogP contribution in [0.5, 0.6) is 11.5 Å². The zero-order chi connectivity index (χ0) is 18.2. The first kappa shape index (κ1) is 18.1. The van der Waals surface area contributed by atoms with Gasteiger partial charge in [0.1, 0.15) is 0 Å². The van der Waals surface area contributed by atoms with Crippen LogP contribution >= 0.6 is 0 Å². The van der Waals surface area contributed by atoms with Crippen molar-refractivity contribution >= 4 is 17.6 Å². The Morgan fingerprint density at radius 2 is 1.64 bits per heavy atom. The van der Waals surface area contributed by atoms with E-state index in [-0.39, 0.29) is 5.56 Å². The summed E-state index contributed by atoms with van der Waals surface area (Å²) < 4.78 is 11.1. The zero-order valence-electron chi connectivity index (χ0n) is 14.2. The van der Waals surface area contributed by atoms with Gasteiger partial charge in [-0.25, -0.2) is 4.79 Å². The van der Waals surface area contributed by atoms with Crippen molar-refractivity contribution in [3.05, 3.63) is 59.2 Å². The molecule has 0 aliphatic carbocycles. The fourth-order valence-corrected chi connectivity index (χ4v) is 2.30. The first-order chi connectivity index (χ1) is 12.1. The molecular formula is C20H19NO4. The smallest absolute Gasteiger partial charge is 0.335 e. The fourth-order valence-electron chi connectivity index (χ4n) is 2.30. The zero-order valence-corrected chi connectivity index (χ0v) is 14.2. The molecule has 2 aromatic carbocycles. The number of carbonyl (C=O) groups is 1. The quantitative estimate of drug-likeness (QED) is 0.603. The molecule has 0 spiro atoms. The minimum absolute atomic E-state index is 0.181. The van der Waals surface area contributed by atoms with E-state index in [9.17, 15) is 10.1 Å². The Labute approximate surface area is 146 Å². The van der Waals surface area contributed by atoms with Crippen molar-refractivity contribution in [3.63, 3.8) is 0 Å². The Hall–Kier alpha value is -3.26.